The molecule has 1 saturated heterocycles. The summed E-state index contributed by atoms with van der Waals surface area (Å²) in [5, 5.41) is 9.13. The maximum absolute atomic E-state index is 11.1. The van der Waals surface area contributed by atoms with E-state index in [4.69, 9.17) is 9.84 Å². The lowest BCUT2D eigenvalue weighted by Crippen LogP contribution is -2.39. The minimum atomic E-state index is -0.786. The van der Waals surface area contributed by atoms with Crippen LogP contribution in [0.25, 0.3) is 0 Å². The number of nitrogens with zero attached hydrogens (tertiary/aromatic N) is 1. The molecule has 104 valence electrons. The molecular formula is C15H21NO3. The van der Waals surface area contributed by atoms with Crippen molar-refractivity contribution in [2.75, 3.05) is 24.7 Å². The molecule has 1 unspecified atom stereocenters. The average Bonchev–Trinajstić information content (AvgIpc) is 2.65. The standard InChI is InChI=1S/C15H21NO3/c1-12-4-6-14(7-5-12)16(11-15(17)18)13-3-2-9-19-10-8-13/h4-7,13H,2-3,8-11H2,1H3,(H,17,18). The predicted molar refractivity (Wildman–Crippen MR) is 74.6 cm³/mol. The third kappa shape index (κ3) is 3.96. The van der Waals surface area contributed by atoms with Crippen molar-refractivity contribution in [3.8, 4) is 0 Å². The van der Waals surface area contributed by atoms with Gasteiger partial charge in [-0.1, -0.05) is 17.7 Å². The number of aryl methyl sites for hydroxylation is 1. The fourth-order valence-electron chi connectivity index (χ4n) is 2.51. The third-order valence-electron chi connectivity index (χ3n) is 3.53. The summed E-state index contributed by atoms with van der Waals surface area (Å²) in [7, 11) is 0. The van der Waals surface area contributed by atoms with Crippen molar-refractivity contribution >= 4 is 11.7 Å². The summed E-state index contributed by atoms with van der Waals surface area (Å²) in [6, 6.07) is 8.31. The quantitative estimate of drug-likeness (QED) is 0.906. The van der Waals surface area contributed by atoms with Crippen molar-refractivity contribution in [2.45, 2.75) is 32.2 Å². The largest absolute Gasteiger partial charge is 0.480 e. The molecule has 0 bridgehead atoms. The molecule has 0 radical (unpaired) electrons. The molecule has 0 amide bonds. The Kier molecular flexibility index (Phi) is 4.80. The first-order chi connectivity index (χ1) is 9.16. The Hall–Kier alpha value is -1.55. The van der Waals surface area contributed by atoms with E-state index in [9.17, 15) is 4.79 Å². The molecule has 1 aromatic carbocycles. The van der Waals surface area contributed by atoms with E-state index in [0.29, 0.717) is 6.61 Å². The molecule has 1 aliphatic heterocycles. The molecule has 1 atom stereocenters. The summed E-state index contributed by atoms with van der Waals surface area (Å²) in [4.78, 5) is 13.1. The van der Waals surface area contributed by atoms with E-state index in [0.717, 1.165) is 31.6 Å². The lowest BCUT2D eigenvalue weighted by molar-refractivity contribution is -0.135. The van der Waals surface area contributed by atoms with Gasteiger partial charge in [-0.25, -0.2) is 0 Å². The number of hydrogen-bond donors (Lipinski definition) is 1. The Morgan fingerprint density at radius 3 is 2.74 bits per heavy atom. The van der Waals surface area contributed by atoms with Gasteiger partial charge in [0.1, 0.15) is 6.54 Å². The van der Waals surface area contributed by atoms with Gasteiger partial charge in [-0.15, -0.1) is 0 Å². The highest BCUT2D eigenvalue weighted by Crippen LogP contribution is 2.23. The van der Waals surface area contributed by atoms with Gasteiger partial charge in [0.25, 0.3) is 0 Å². The fourth-order valence-corrected chi connectivity index (χ4v) is 2.51. The van der Waals surface area contributed by atoms with E-state index in [2.05, 4.69) is 0 Å². The SMILES string of the molecule is Cc1ccc(N(CC(=O)O)C2CCCOCC2)cc1. The smallest absolute Gasteiger partial charge is 0.323 e. The topological polar surface area (TPSA) is 49.8 Å². The van der Waals surface area contributed by atoms with Crippen LogP contribution in [0.5, 0.6) is 0 Å². The van der Waals surface area contributed by atoms with Crippen molar-refractivity contribution in [2.24, 2.45) is 0 Å². The van der Waals surface area contributed by atoms with Crippen LogP contribution >= 0.6 is 0 Å². The first-order valence-corrected chi connectivity index (χ1v) is 6.79. The molecule has 1 N–H and O–H groups in total. The Labute approximate surface area is 114 Å². The van der Waals surface area contributed by atoms with Crippen LogP contribution in [0.2, 0.25) is 0 Å². The van der Waals surface area contributed by atoms with Crippen LogP contribution in [0, 0.1) is 6.92 Å². The van der Waals surface area contributed by atoms with Crippen LogP contribution in [0.3, 0.4) is 0 Å². The lowest BCUT2D eigenvalue weighted by Gasteiger charge is -2.31. The first kappa shape index (κ1) is 13.9. The molecule has 1 fully saturated rings. The van der Waals surface area contributed by atoms with Gasteiger partial charge in [-0.2, -0.15) is 0 Å². The number of carboxylic acids is 1. The third-order valence-corrected chi connectivity index (χ3v) is 3.53. The van der Waals surface area contributed by atoms with Crippen LogP contribution in [0.4, 0.5) is 5.69 Å². The van der Waals surface area contributed by atoms with E-state index in [1.54, 1.807) is 0 Å². The molecule has 1 heterocycles. The second-order valence-electron chi connectivity index (χ2n) is 5.05. The summed E-state index contributed by atoms with van der Waals surface area (Å²) in [5.74, 6) is -0.786. The van der Waals surface area contributed by atoms with E-state index in [1.165, 1.54) is 5.56 Å². The van der Waals surface area contributed by atoms with Gasteiger partial charge in [-0.05, 0) is 38.3 Å². The summed E-state index contributed by atoms with van der Waals surface area (Å²) in [6.07, 6.45) is 2.87. The van der Waals surface area contributed by atoms with Crippen LogP contribution < -0.4 is 4.90 Å². The highest BCUT2D eigenvalue weighted by molar-refractivity contribution is 5.74. The Balaban J connectivity index is 2.18. The second-order valence-corrected chi connectivity index (χ2v) is 5.05. The number of ether oxygens (including phenoxy) is 1. The highest BCUT2D eigenvalue weighted by atomic mass is 16.5. The van der Waals surface area contributed by atoms with Crippen molar-refractivity contribution in [1.82, 2.24) is 0 Å². The minimum absolute atomic E-state index is 0.0493. The monoisotopic (exact) mass is 263 g/mol. The minimum Gasteiger partial charge on any atom is -0.480 e. The van der Waals surface area contributed by atoms with Gasteiger partial charge >= 0.3 is 5.97 Å². The molecule has 19 heavy (non-hydrogen) atoms. The molecule has 0 spiro atoms. The number of carbonyl (C=O) groups is 1. The van der Waals surface area contributed by atoms with Gasteiger partial charge in [0.05, 0.1) is 0 Å². The second kappa shape index (κ2) is 6.57. The van der Waals surface area contributed by atoms with E-state index in [-0.39, 0.29) is 12.6 Å². The lowest BCUT2D eigenvalue weighted by atomic mass is 10.1. The van der Waals surface area contributed by atoms with Crippen molar-refractivity contribution in [1.29, 1.82) is 0 Å². The molecule has 4 heteroatoms. The molecule has 2 rings (SSSR count). The number of aliphatic carboxylic acids is 1. The van der Waals surface area contributed by atoms with Gasteiger partial charge in [0.2, 0.25) is 0 Å². The number of rotatable bonds is 4. The summed E-state index contributed by atoms with van der Waals surface area (Å²) < 4.78 is 5.46. The van der Waals surface area contributed by atoms with Crippen molar-refractivity contribution in [3.63, 3.8) is 0 Å². The molecule has 0 saturated carbocycles. The highest BCUT2D eigenvalue weighted by Gasteiger charge is 2.22. The predicted octanol–water partition coefficient (Wildman–Crippen LogP) is 2.46. The van der Waals surface area contributed by atoms with Crippen LogP contribution in [0.15, 0.2) is 24.3 Å². The molecular weight excluding hydrogens is 242 g/mol. The molecule has 0 aromatic heterocycles. The van der Waals surface area contributed by atoms with Crippen molar-refractivity contribution < 1.29 is 14.6 Å². The molecule has 0 aliphatic carbocycles. The first-order valence-electron chi connectivity index (χ1n) is 6.79. The number of benzene rings is 1. The van der Waals surface area contributed by atoms with Gasteiger partial charge in [0.15, 0.2) is 0 Å². The Morgan fingerprint density at radius 2 is 2.05 bits per heavy atom. The van der Waals surface area contributed by atoms with Gasteiger partial charge < -0.3 is 14.7 Å². The molecule has 1 aromatic rings. The average molecular weight is 263 g/mol. The maximum Gasteiger partial charge on any atom is 0.323 e. The van der Waals surface area contributed by atoms with Gasteiger partial charge in [0, 0.05) is 24.9 Å². The van der Waals surface area contributed by atoms with Crippen LogP contribution in [0.1, 0.15) is 24.8 Å². The van der Waals surface area contributed by atoms with Gasteiger partial charge in [-0.3, -0.25) is 4.79 Å². The molecule has 4 nitrogen and oxygen atoms in total. The fraction of sp³-hybridized carbons (Fsp3) is 0.533. The number of hydrogen-bond acceptors (Lipinski definition) is 3. The normalized spacial score (nSPS) is 19.7. The Bertz CT molecular complexity index is 408. The Morgan fingerprint density at radius 1 is 1.32 bits per heavy atom. The van der Waals surface area contributed by atoms with E-state index >= 15 is 0 Å². The van der Waals surface area contributed by atoms with Crippen LogP contribution in [-0.4, -0.2) is 36.9 Å². The number of anilines is 1. The zero-order valence-corrected chi connectivity index (χ0v) is 11.3. The maximum atomic E-state index is 11.1. The van der Waals surface area contributed by atoms with Crippen molar-refractivity contribution in [3.05, 3.63) is 29.8 Å². The zero-order valence-electron chi connectivity index (χ0n) is 11.3. The summed E-state index contributed by atoms with van der Waals surface area (Å²) >= 11 is 0. The summed E-state index contributed by atoms with van der Waals surface area (Å²) in [5.41, 5.74) is 2.17. The van der Waals surface area contributed by atoms with E-state index in [1.807, 2.05) is 36.1 Å². The zero-order chi connectivity index (χ0) is 13.7. The molecule has 1 aliphatic rings. The van der Waals surface area contributed by atoms with E-state index < -0.39 is 5.97 Å². The number of carboxylic acid groups (broad SMARTS) is 1. The van der Waals surface area contributed by atoms with Crippen LogP contribution in [-0.2, 0) is 9.53 Å². The summed E-state index contributed by atoms with van der Waals surface area (Å²) in [6.45, 7) is 3.58.